The van der Waals surface area contributed by atoms with Crippen molar-refractivity contribution in [2.45, 2.75) is 46.6 Å². The SMILES string of the molecule is CCC(C)NCC(=O)Nc1cccc(OCCC(C)C)c1. The second kappa shape index (κ2) is 9.40. The molecule has 0 aromatic heterocycles. The Morgan fingerprint density at radius 2 is 2.05 bits per heavy atom. The first kappa shape index (κ1) is 17.5. The average Bonchev–Trinajstić information content (AvgIpc) is 2.44. The number of benzene rings is 1. The summed E-state index contributed by atoms with van der Waals surface area (Å²) in [5.41, 5.74) is 0.771. The van der Waals surface area contributed by atoms with Crippen molar-refractivity contribution >= 4 is 11.6 Å². The Morgan fingerprint density at radius 1 is 1.29 bits per heavy atom. The van der Waals surface area contributed by atoms with E-state index in [1.54, 1.807) is 0 Å². The third-order valence-corrected chi connectivity index (χ3v) is 3.31. The van der Waals surface area contributed by atoms with E-state index < -0.39 is 0 Å². The Morgan fingerprint density at radius 3 is 2.71 bits per heavy atom. The minimum Gasteiger partial charge on any atom is -0.494 e. The van der Waals surface area contributed by atoms with Crippen molar-refractivity contribution in [3.8, 4) is 5.75 Å². The monoisotopic (exact) mass is 292 g/mol. The van der Waals surface area contributed by atoms with E-state index >= 15 is 0 Å². The van der Waals surface area contributed by atoms with Crippen LogP contribution in [-0.4, -0.2) is 25.1 Å². The first-order valence-electron chi connectivity index (χ1n) is 7.77. The first-order valence-corrected chi connectivity index (χ1v) is 7.77. The number of carbonyl (C=O) groups excluding carboxylic acids is 1. The zero-order valence-corrected chi connectivity index (χ0v) is 13.6. The van der Waals surface area contributed by atoms with Crippen molar-refractivity contribution in [3.05, 3.63) is 24.3 Å². The van der Waals surface area contributed by atoms with Gasteiger partial charge in [-0.25, -0.2) is 0 Å². The molecule has 0 radical (unpaired) electrons. The highest BCUT2D eigenvalue weighted by atomic mass is 16.5. The summed E-state index contributed by atoms with van der Waals surface area (Å²) in [5, 5.41) is 6.05. The molecule has 1 aromatic rings. The van der Waals surface area contributed by atoms with Crippen molar-refractivity contribution in [2.24, 2.45) is 5.92 Å². The maximum absolute atomic E-state index is 11.8. The van der Waals surface area contributed by atoms with Crippen LogP contribution in [0.3, 0.4) is 0 Å². The summed E-state index contributed by atoms with van der Waals surface area (Å²) in [6.07, 6.45) is 2.03. The predicted octanol–water partition coefficient (Wildman–Crippen LogP) is 3.44. The lowest BCUT2D eigenvalue weighted by Gasteiger charge is -2.12. The summed E-state index contributed by atoms with van der Waals surface area (Å²) in [6.45, 7) is 9.52. The van der Waals surface area contributed by atoms with Crippen LogP contribution in [0, 0.1) is 5.92 Å². The molecule has 0 aliphatic carbocycles. The molecule has 2 N–H and O–H groups in total. The highest BCUT2D eigenvalue weighted by Gasteiger charge is 2.05. The molecule has 4 nitrogen and oxygen atoms in total. The minimum atomic E-state index is -0.0327. The summed E-state index contributed by atoms with van der Waals surface area (Å²) >= 11 is 0. The number of ether oxygens (including phenoxy) is 1. The van der Waals surface area contributed by atoms with Crippen LogP contribution in [0.25, 0.3) is 0 Å². The molecule has 0 aliphatic rings. The molecule has 1 rings (SSSR count). The number of hydrogen-bond acceptors (Lipinski definition) is 3. The molecule has 1 amide bonds. The topological polar surface area (TPSA) is 50.4 Å². The standard InChI is InChI=1S/C17H28N2O2/c1-5-14(4)18-12-17(20)19-15-7-6-8-16(11-15)21-10-9-13(2)3/h6-8,11,13-14,18H,5,9-10,12H2,1-4H3,(H,19,20). The first-order chi connectivity index (χ1) is 10.0. The molecule has 0 heterocycles. The smallest absolute Gasteiger partial charge is 0.238 e. The van der Waals surface area contributed by atoms with Gasteiger partial charge in [0, 0.05) is 17.8 Å². The molecule has 0 aliphatic heterocycles. The van der Waals surface area contributed by atoms with Crippen LogP contribution in [0.5, 0.6) is 5.75 Å². The van der Waals surface area contributed by atoms with Gasteiger partial charge in [0.25, 0.3) is 0 Å². The van der Waals surface area contributed by atoms with E-state index in [2.05, 4.69) is 38.3 Å². The highest BCUT2D eigenvalue weighted by molar-refractivity contribution is 5.92. The Bertz CT molecular complexity index is 433. The van der Waals surface area contributed by atoms with Gasteiger partial charge in [0.2, 0.25) is 5.91 Å². The largest absolute Gasteiger partial charge is 0.494 e. The maximum atomic E-state index is 11.8. The fourth-order valence-electron chi connectivity index (χ4n) is 1.69. The second-order valence-electron chi connectivity index (χ2n) is 5.80. The molecule has 0 spiro atoms. The number of rotatable bonds is 9. The highest BCUT2D eigenvalue weighted by Crippen LogP contribution is 2.17. The Kier molecular flexibility index (Phi) is 7.83. The van der Waals surface area contributed by atoms with Crippen LogP contribution < -0.4 is 15.4 Å². The maximum Gasteiger partial charge on any atom is 0.238 e. The lowest BCUT2D eigenvalue weighted by molar-refractivity contribution is -0.115. The van der Waals surface area contributed by atoms with Crippen LogP contribution in [-0.2, 0) is 4.79 Å². The predicted molar refractivity (Wildman–Crippen MR) is 87.8 cm³/mol. The zero-order chi connectivity index (χ0) is 15.7. The van der Waals surface area contributed by atoms with Crippen molar-refractivity contribution in [2.75, 3.05) is 18.5 Å². The molecule has 0 saturated heterocycles. The molecule has 4 heteroatoms. The van der Waals surface area contributed by atoms with E-state index in [0.717, 1.165) is 24.3 Å². The van der Waals surface area contributed by atoms with Crippen molar-refractivity contribution in [1.82, 2.24) is 5.32 Å². The number of carbonyl (C=O) groups is 1. The number of hydrogen-bond donors (Lipinski definition) is 2. The van der Waals surface area contributed by atoms with Gasteiger partial charge in [-0.1, -0.05) is 26.8 Å². The molecule has 1 atom stereocenters. The van der Waals surface area contributed by atoms with Gasteiger partial charge in [0.05, 0.1) is 13.2 Å². The van der Waals surface area contributed by atoms with Crippen LogP contribution in [0.4, 0.5) is 5.69 Å². The van der Waals surface area contributed by atoms with Crippen molar-refractivity contribution in [3.63, 3.8) is 0 Å². The minimum absolute atomic E-state index is 0.0327. The Hall–Kier alpha value is -1.55. The molecule has 0 bridgehead atoms. The van der Waals surface area contributed by atoms with E-state index in [4.69, 9.17) is 4.74 Å². The molecular formula is C17H28N2O2. The van der Waals surface area contributed by atoms with E-state index in [0.29, 0.717) is 25.1 Å². The van der Waals surface area contributed by atoms with E-state index in [-0.39, 0.29) is 5.91 Å². The summed E-state index contributed by atoms with van der Waals surface area (Å²) in [7, 11) is 0. The lowest BCUT2D eigenvalue weighted by atomic mass is 10.1. The summed E-state index contributed by atoms with van der Waals surface area (Å²) in [4.78, 5) is 11.8. The average molecular weight is 292 g/mol. The van der Waals surface area contributed by atoms with Gasteiger partial charge in [0.15, 0.2) is 0 Å². The number of anilines is 1. The van der Waals surface area contributed by atoms with Gasteiger partial charge in [-0.05, 0) is 37.8 Å². The van der Waals surface area contributed by atoms with Gasteiger partial charge in [-0.15, -0.1) is 0 Å². The quantitative estimate of drug-likeness (QED) is 0.733. The number of amides is 1. The third-order valence-electron chi connectivity index (χ3n) is 3.31. The fourth-order valence-corrected chi connectivity index (χ4v) is 1.69. The summed E-state index contributed by atoms with van der Waals surface area (Å²) < 4.78 is 5.69. The molecule has 21 heavy (non-hydrogen) atoms. The van der Waals surface area contributed by atoms with Crippen LogP contribution >= 0.6 is 0 Å². The fraction of sp³-hybridized carbons (Fsp3) is 0.588. The van der Waals surface area contributed by atoms with Crippen molar-refractivity contribution < 1.29 is 9.53 Å². The summed E-state index contributed by atoms with van der Waals surface area (Å²) in [5.74, 6) is 1.39. The lowest BCUT2D eigenvalue weighted by Crippen LogP contribution is -2.33. The number of nitrogens with one attached hydrogen (secondary N) is 2. The van der Waals surface area contributed by atoms with E-state index in [1.165, 1.54) is 0 Å². The zero-order valence-electron chi connectivity index (χ0n) is 13.6. The normalized spacial score (nSPS) is 12.2. The van der Waals surface area contributed by atoms with Crippen molar-refractivity contribution in [1.29, 1.82) is 0 Å². The molecule has 1 unspecified atom stereocenters. The molecule has 1 aromatic carbocycles. The van der Waals surface area contributed by atoms with Gasteiger partial charge < -0.3 is 15.4 Å². The molecule has 118 valence electrons. The van der Waals surface area contributed by atoms with Gasteiger partial charge in [0.1, 0.15) is 5.75 Å². The third kappa shape index (κ3) is 7.71. The van der Waals surface area contributed by atoms with Crippen LogP contribution in [0.2, 0.25) is 0 Å². The second-order valence-corrected chi connectivity index (χ2v) is 5.80. The molecule has 0 fully saturated rings. The van der Waals surface area contributed by atoms with E-state index in [1.807, 2.05) is 24.3 Å². The van der Waals surface area contributed by atoms with Crippen LogP contribution in [0.15, 0.2) is 24.3 Å². The molecule has 0 saturated carbocycles. The Labute approximate surface area is 128 Å². The molecular weight excluding hydrogens is 264 g/mol. The van der Waals surface area contributed by atoms with Gasteiger partial charge >= 0.3 is 0 Å². The van der Waals surface area contributed by atoms with Gasteiger partial charge in [-0.3, -0.25) is 4.79 Å². The van der Waals surface area contributed by atoms with Crippen LogP contribution in [0.1, 0.15) is 40.5 Å². The Balaban J connectivity index is 2.42. The van der Waals surface area contributed by atoms with E-state index in [9.17, 15) is 4.79 Å². The summed E-state index contributed by atoms with van der Waals surface area (Å²) in [6, 6.07) is 7.88. The van der Waals surface area contributed by atoms with Gasteiger partial charge in [-0.2, -0.15) is 0 Å².